The topological polar surface area (TPSA) is 132 Å². The Kier molecular flexibility index (Phi) is 7.98. The van der Waals surface area contributed by atoms with Crippen molar-refractivity contribution in [2.75, 3.05) is 13.7 Å². The number of carbonyl (C=O) groups excluding carboxylic acids is 3. The number of nitrogens with one attached hydrogen (secondary N) is 2. The lowest BCUT2D eigenvalue weighted by molar-refractivity contribution is 0.0593. The summed E-state index contributed by atoms with van der Waals surface area (Å²) in [6.07, 6.45) is 1.56. The normalized spacial score (nSPS) is 10.9. The molecule has 0 aliphatic carbocycles. The van der Waals surface area contributed by atoms with E-state index in [0.717, 1.165) is 11.8 Å². The summed E-state index contributed by atoms with van der Waals surface area (Å²) in [6, 6.07) is 14.9. The van der Waals surface area contributed by atoms with Gasteiger partial charge in [0.25, 0.3) is 21.8 Å². The predicted molar refractivity (Wildman–Crippen MR) is 124 cm³/mol. The highest BCUT2D eigenvalue weighted by Crippen LogP contribution is 2.13. The van der Waals surface area contributed by atoms with Gasteiger partial charge in [-0.1, -0.05) is 23.7 Å². The number of rotatable bonds is 8. The Morgan fingerprint density at radius 2 is 1.56 bits per heavy atom. The number of benzene rings is 2. The van der Waals surface area contributed by atoms with E-state index in [1.807, 2.05) is 4.72 Å². The quantitative estimate of drug-likeness (QED) is 0.453. The van der Waals surface area contributed by atoms with Crippen LogP contribution in [-0.4, -0.2) is 44.8 Å². The number of hydrogen-bond donors (Lipinski definition) is 2. The molecule has 0 saturated carbocycles. The first-order valence-corrected chi connectivity index (χ1v) is 11.8. The van der Waals surface area contributed by atoms with E-state index in [-0.39, 0.29) is 22.1 Å². The van der Waals surface area contributed by atoms with Gasteiger partial charge in [-0.05, 0) is 60.5 Å². The van der Waals surface area contributed by atoms with Crippen LogP contribution in [0, 0.1) is 0 Å². The molecule has 2 amide bonds. The van der Waals surface area contributed by atoms with Gasteiger partial charge in [-0.3, -0.25) is 9.59 Å². The van der Waals surface area contributed by atoms with Gasteiger partial charge >= 0.3 is 5.97 Å². The van der Waals surface area contributed by atoms with Gasteiger partial charge in [0.2, 0.25) is 0 Å². The molecule has 1 aromatic heterocycles. The highest BCUT2D eigenvalue weighted by Gasteiger charge is 2.19. The second-order valence-electron chi connectivity index (χ2n) is 7.02. The first-order valence-electron chi connectivity index (χ1n) is 9.94. The zero-order valence-electron chi connectivity index (χ0n) is 17.9. The number of carbonyl (C=O) groups is 3. The average molecular weight is 502 g/mol. The summed E-state index contributed by atoms with van der Waals surface area (Å²) in [6.45, 7) is 0.346. The number of ether oxygens (including phenoxy) is 1. The Labute approximate surface area is 201 Å². The fraction of sp³-hybridized carbons (Fsp3) is 0.130. The van der Waals surface area contributed by atoms with Crippen LogP contribution >= 0.6 is 11.6 Å². The minimum Gasteiger partial charge on any atom is -0.464 e. The molecule has 2 N–H and O–H groups in total. The summed E-state index contributed by atoms with van der Waals surface area (Å²) in [5.74, 6) is -1.81. The minimum atomic E-state index is -4.13. The maximum absolute atomic E-state index is 12.5. The SMILES string of the molecule is COC(=O)c1ccc(C(=O)NS(=O)(=O)c2ccc(CCNC(=O)c3ccc(Cl)cc3)cc2)cn1. The van der Waals surface area contributed by atoms with Crippen molar-refractivity contribution in [3.05, 3.63) is 94.3 Å². The summed E-state index contributed by atoms with van der Waals surface area (Å²) < 4.78 is 31.6. The number of pyridine rings is 1. The van der Waals surface area contributed by atoms with E-state index in [2.05, 4.69) is 15.0 Å². The van der Waals surface area contributed by atoms with Crippen LogP contribution in [0.2, 0.25) is 5.02 Å². The molecule has 11 heteroatoms. The van der Waals surface area contributed by atoms with Crippen molar-refractivity contribution in [1.82, 2.24) is 15.0 Å². The number of esters is 1. The van der Waals surface area contributed by atoms with E-state index >= 15 is 0 Å². The maximum Gasteiger partial charge on any atom is 0.356 e. The van der Waals surface area contributed by atoms with E-state index in [1.54, 1.807) is 36.4 Å². The monoisotopic (exact) mass is 501 g/mol. The van der Waals surface area contributed by atoms with Gasteiger partial charge in [0.05, 0.1) is 17.6 Å². The molecule has 0 atom stereocenters. The first kappa shape index (κ1) is 24.9. The van der Waals surface area contributed by atoms with Gasteiger partial charge in [0, 0.05) is 23.3 Å². The highest BCUT2D eigenvalue weighted by atomic mass is 35.5. The van der Waals surface area contributed by atoms with Gasteiger partial charge in [0.15, 0.2) is 0 Å². The standard InChI is InChI=1S/C23H20ClN3O6S/c1-33-23(30)20-11-6-17(14-26-20)22(29)27-34(31,32)19-9-2-15(3-10-19)12-13-25-21(28)16-4-7-18(24)8-5-16/h2-11,14H,12-13H2,1H3,(H,25,28)(H,27,29). The van der Waals surface area contributed by atoms with Crippen LogP contribution in [-0.2, 0) is 21.2 Å². The molecular weight excluding hydrogens is 482 g/mol. The molecule has 0 bridgehead atoms. The molecule has 0 unspecified atom stereocenters. The van der Waals surface area contributed by atoms with Crippen LogP contribution in [0.15, 0.2) is 71.8 Å². The Morgan fingerprint density at radius 1 is 0.912 bits per heavy atom. The number of methoxy groups -OCH3 is 1. The molecule has 0 radical (unpaired) electrons. The molecule has 3 rings (SSSR count). The molecule has 2 aromatic carbocycles. The Bertz CT molecular complexity index is 1290. The molecule has 176 valence electrons. The smallest absolute Gasteiger partial charge is 0.356 e. The van der Waals surface area contributed by atoms with Gasteiger partial charge in [-0.25, -0.2) is 22.9 Å². The predicted octanol–water partition coefficient (Wildman–Crippen LogP) is 2.61. The molecule has 0 aliphatic rings. The summed E-state index contributed by atoms with van der Waals surface area (Å²) >= 11 is 5.81. The van der Waals surface area contributed by atoms with Crippen molar-refractivity contribution in [2.45, 2.75) is 11.3 Å². The van der Waals surface area contributed by atoms with Crippen LogP contribution in [0.4, 0.5) is 0 Å². The van der Waals surface area contributed by atoms with E-state index in [1.165, 1.54) is 31.4 Å². The lowest BCUT2D eigenvalue weighted by atomic mass is 10.1. The van der Waals surface area contributed by atoms with Crippen molar-refractivity contribution in [3.63, 3.8) is 0 Å². The number of nitrogens with zero attached hydrogens (tertiary/aromatic N) is 1. The molecule has 1 heterocycles. The Balaban J connectivity index is 1.56. The minimum absolute atomic E-state index is 0.0122. The maximum atomic E-state index is 12.5. The molecule has 9 nitrogen and oxygen atoms in total. The third-order valence-corrected chi connectivity index (χ3v) is 6.29. The van der Waals surface area contributed by atoms with Crippen molar-refractivity contribution < 1.29 is 27.5 Å². The van der Waals surface area contributed by atoms with Crippen LogP contribution in [0.25, 0.3) is 0 Å². The molecule has 0 aliphatic heterocycles. The van der Waals surface area contributed by atoms with E-state index in [4.69, 9.17) is 11.6 Å². The summed E-state index contributed by atoms with van der Waals surface area (Å²) in [7, 11) is -2.93. The third kappa shape index (κ3) is 6.40. The van der Waals surface area contributed by atoms with Gasteiger partial charge in [-0.2, -0.15) is 0 Å². The van der Waals surface area contributed by atoms with E-state index in [0.29, 0.717) is 23.6 Å². The molecule has 3 aromatic rings. The number of hydrogen-bond acceptors (Lipinski definition) is 7. The van der Waals surface area contributed by atoms with Crippen LogP contribution in [0.1, 0.15) is 36.8 Å². The van der Waals surface area contributed by atoms with Crippen molar-refractivity contribution in [3.8, 4) is 0 Å². The third-order valence-electron chi connectivity index (χ3n) is 4.69. The number of sulfonamides is 1. The number of halogens is 1. The van der Waals surface area contributed by atoms with Crippen LogP contribution < -0.4 is 10.0 Å². The molecular formula is C23H20ClN3O6S. The Hall–Kier alpha value is -3.76. The Morgan fingerprint density at radius 3 is 2.15 bits per heavy atom. The zero-order chi connectivity index (χ0) is 24.7. The summed E-state index contributed by atoms with van der Waals surface area (Å²) in [5, 5.41) is 3.32. The molecule has 0 fully saturated rings. The van der Waals surface area contributed by atoms with Crippen molar-refractivity contribution in [1.29, 1.82) is 0 Å². The largest absolute Gasteiger partial charge is 0.464 e. The van der Waals surface area contributed by atoms with Gasteiger partial charge < -0.3 is 10.1 Å². The summed E-state index contributed by atoms with van der Waals surface area (Å²) in [5.41, 5.74) is 1.23. The molecule has 0 spiro atoms. The summed E-state index contributed by atoms with van der Waals surface area (Å²) in [4.78, 5) is 39.5. The molecule has 0 saturated heterocycles. The number of amides is 2. The van der Waals surface area contributed by atoms with Crippen LogP contribution in [0.3, 0.4) is 0 Å². The van der Waals surface area contributed by atoms with E-state index in [9.17, 15) is 22.8 Å². The second-order valence-corrected chi connectivity index (χ2v) is 9.13. The first-order chi connectivity index (χ1) is 16.2. The van der Waals surface area contributed by atoms with E-state index < -0.39 is 21.9 Å². The fourth-order valence-electron chi connectivity index (χ4n) is 2.85. The highest BCUT2D eigenvalue weighted by molar-refractivity contribution is 7.90. The number of aromatic nitrogens is 1. The zero-order valence-corrected chi connectivity index (χ0v) is 19.5. The second kappa shape index (κ2) is 10.9. The fourth-order valence-corrected chi connectivity index (χ4v) is 3.95. The lowest BCUT2D eigenvalue weighted by Crippen LogP contribution is -2.30. The van der Waals surface area contributed by atoms with Gasteiger partial charge in [0.1, 0.15) is 5.69 Å². The van der Waals surface area contributed by atoms with Crippen molar-refractivity contribution >= 4 is 39.4 Å². The average Bonchev–Trinajstić information content (AvgIpc) is 2.84. The van der Waals surface area contributed by atoms with Crippen LogP contribution in [0.5, 0.6) is 0 Å². The molecule has 34 heavy (non-hydrogen) atoms. The van der Waals surface area contributed by atoms with Gasteiger partial charge in [-0.15, -0.1) is 0 Å². The lowest BCUT2D eigenvalue weighted by Gasteiger charge is -2.09. The van der Waals surface area contributed by atoms with Crippen molar-refractivity contribution in [2.24, 2.45) is 0 Å².